The maximum Gasteiger partial charge on any atom is 0.243 e. The highest BCUT2D eigenvalue weighted by molar-refractivity contribution is 7.89. The fourth-order valence-corrected chi connectivity index (χ4v) is 3.43. The highest BCUT2D eigenvalue weighted by atomic mass is 32.2. The van der Waals surface area contributed by atoms with E-state index in [-0.39, 0.29) is 17.5 Å². The molecule has 0 amide bonds. The molecule has 2 atom stereocenters. The number of hydrogen-bond acceptors (Lipinski definition) is 3. The molecular formula is C12H17FN2O2S. The molecule has 0 aliphatic heterocycles. The maximum atomic E-state index is 13.6. The Bertz CT molecular complexity index is 545. The fraction of sp³-hybridized carbons (Fsp3) is 0.500. The van der Waals surface area contributed by atoms with Crippen molar-refractivity contribution in [2.24, 2.45) is 11.7 Å². The van der Waals surface area contributed by atoms with Gasteiger partial charge < -0.3 is 5.73 Å². The highest BCUT2D eigenvalue weighted by Gasteiger charge is 2.39. The molecule has 1 aliphatic rings. The van der Waals surface area contributed by atoms with Gasteiger partial charge in [-0.2, -0.15) is 0 Å². The molecule has 1 saturated carbocycles. The molecule has 2 rings (SSSR count). The molecule has 0 saturated heterocycles. The van der Waals surface area contributed by atoms with Crippen molar-refractivity contribution in [3.63, 3.8) is 0 Å². The van der Waals surface area contributed by atoms with Crippen LogP contribution in [0.1, 0.15) is 25.3 Å². The fourth-order valence-electron chi connectivity index (χ4n) is 1.99. The standard InChI is InChI=1S/C12H17FN2O2S/c1-2-9-6-11(9)15-18(16,17)12-5-8(7-14)3-4-10(12)13/h3-5,9,11,15H,2,6-7,14H2,1H3. The molecule has 1 fully saturated rings. The largest absolute Gasteiger partial charge is 0.326 e. The zero-order valence-electron chi connectivity index (χ0n) is 10.2. The van der Waals surface area contributed by atoms with Gasteiger partial charge in [-0.3, -0.25) is 0 Å². The summed E-state index contributed by atoms with van der Waals surface area (Å²) >= 11 is 0. The summed E-state index contributed by atoms with van der Waals surface area (Å²) in [6, 6.07) is 3.86. The summed E-state index contributed by atoms with van der Waals surface area (Å²) < 4.78 is 40.2. The van der Waals surface area contributed by atoms with Gasteiger partial charge in [-0.1, -0.05) is 19.4 Å². The first-order valence-electron chi connectivity index (χ1n) is 5.98. The van der Waals surface area contributed by atoms with Crippen LogP contribution in [-0.2, 0) is 16.6 Å². The summed E-state index contributed by atoms with van der Waals surface area (Å²) in [7, 11) is -3.78. The molecule has 0 spiro atoms. The Balaban J connectivity index is 2.24. The number of hydrogen-bond donors (Lipinski definition) is 2. The number of benzene rings is 1. The molecule has 0 radical (unpaired) electrons. The Labute approximate surface area is 106 Å². The van der Waals surface area contributed by atoms with Gasteiger partial charge in [-0.05, 0) is 30.0 Å². The molecule has 0 aromatic heterocycles. The van der Waals surface area contributed by atoms with Crippen molar-refractivity contribution in [3.8, 4) is 0 Å². The number of nitrogens with one attached hydrogen (secondary N) is 1. The Morgan fingerprint density at radius 3 is 2.78 bits per heavy atom. The van der Waals surface area contributed by atoms with Crippen molar-refractivity contribution in [2.45, 2.75) is 37.2 Å². The number of sulfonamides is 1. The molecule has 1 aromatic rings. The normalized spacial score (nSPS) is 23.1. The van der Waals surface area contributed by atoms with Crippen LogP contribution >= 0.6 is 0 Å². The lowest BCUT2D eigenvalue weighted by atomic mass is 10.2. The van der Waals surface area contributed by atoms with Gasteiger partial charge >= 0.3 is 0 Å². The average molecular weight is 272 g/mol. The molecule has 4 nitrogen and oxygen atoms in total. The average Bonchev–Trinajstić information content (AvgIpc) is 3.07. The molecule has 0 heterocycles. The van der Waals surface area contributed by atoms with Gasteiger partial charge in [0.1, 0.15) is 10.7 Å². The van der Waals surface area contributed by atoms with Gasteiger partial charge in [0.05, 0.1) is 0 Å². The molecule has 0 bridgehead atoms. The van der Waals surface area contributed by atoms with Crippen LogP contribution in [0.15, 0.2) is 23.1 Å². The van der Waals surface area contributed by atoms with Crippen molar-refractivity contribution in [2.75, 3.05) is 0 Å². The third-order valence-electron chi connectivity index (χ3n) is 3.27. The van der Waals surface area contributed by atoms with E-state index in [1.54, 1.807) is 0 Å². The van der Waals surface area contributed by atoms with E-state index in [0.717, 1.165) is 18.9 Å². The second-order valence-corrected chi connectivity index (χ2v) is 6.28. The lowest BCUT2D eigenvalue weighted by Crippen LogP contribution is -2.28. The molecule has 6 heteroatoms. The lowest BCUT2D eigenvalue weighted by molar-refractivity contribution is 0.552. The van der Waals surface area contributed by atoms with Crippen LogP contribution in [0.5, 0.6) is 0 Å². The van der Waals surface area contributed by atoms with Gasteiger partial charge in [-0.25, -0.2) is 17.5 Å². The van der Waals surface area contributed by atoms with Crippen LogP contribution in [0.3, 0.4) is 0 Å². The lowest BCUT2D eigenvalue weighted by Gasteiger charge is -2.08. The van der Waals surface area contributed by atoms with E-state index in [1.165, 1.54) is 12.1 Å². The molecule has 1 aromatic carbocycles. The van der Waals surface area contributed by atoms with Crippen molar-refractivity contribution in [1.82, 2.24) is 4.72 Å². The predicted octanol–water partition coefficient (Wildman–Crippen LogP) is 1.36. The maximum absolute atomic E-state index is 13.6. The minimum absolute atomic E-state index is 0.0547. The van der Waals surface area contributed by atoms with Crippen LogP contribution in [0, 0.1) is 11.7 Å². The second-order valence-electron chi connectivity index (χ2n) is 4.60. The molecule has 1 aliphatic carbocycles. The summed E-state index contributed by atoms with van der Waals surface area (Å²) in [5, 5.41) is 0. The summed E-state index contributed by atoms with van der Waals surface area (Å²) in [5.41, 5.74) is 6.03. The van der Waals surface area contributed by atoms with Crippen molar-refractivity contribution >= 4 is 10.0 Å². The topological polar surface area (TPSA) is 72.2 Å². The summed E-state index contributed by atoms with van der Waals surface area (Å²) in [4.78, 5) is -0.313. The first-order chi connectivity index (χ1) is 8.47. The van der Waals surface area contributed by atoms with Crippen LogP contribution in [0.2, 0.25) is 0 Å². The van der Waals surface area contributed by atoms with Crippen LogP contribution in [-0.4, -0.2) is 14.5 Å². The first kappa shape index (κ1) is 13.5. The van der Waals surface area contributed by atoms with E-state index in [4.69, 9.17) is 5.73 Å². The monoisotopic (exact) mass is 272 g/mol. The Kier molecular flexibility index (Phi) is 3.70. The smallest absolute Gasteiger partial charge is 0.243 e. The van der Waals surface area contributed by atoms with Crippen molar-refractivity contribution in [1.29, 1.82) is 0 Å². The van der Waals surface area contributed by atoms with E-state index in [2.05, 4.69) is 4.72 Å². The van der Waals surface area contributed by atoms with Crippen molar-refractivity contribution in [3.05, 3.63) is 29.6 Å². The first-order valence-corrected chi connectivity index (χ1v) is 7.47. The zero-order chi connectivity index (χ0) is 13.3. The highest BCUT2D eigenvalue weighted by Crippen LogP contribution is 2.34. The third-order valence-corrected chi connectivity index (χ3v) is 4.78. The van der Waals surface area contributed by atoms with Crippen LogP contribution in [0.4, 0.5) is 4.39 Å². The van der Waals surface area contributed by atoms with Crippen LogP contribution in [0.25, 0.3) is 0 Å². The summed E-state index contributed by atoms with van der Waals surface area (Å²) in [6.45, 7) is 2.19. The quantitative estimate of drug-likeness (QED) is 0.850. The van der Waals surface area contributed by atoms with Gasteiger partial charge in [0.15, 0.2) is 0 Å². The number of nitrogens with two attached hydrogens (primary N) is 1. The minimum atomic E-state index is -3.78. The SMILES string of the molecule is CCC1CC1NS(=O)(=O)c1cc(CN)ccc1F. The molecule has 100 valence electrons. The third kappa shape index (κ3) is 2.71. The van der Waals surface area contributed by atoms with E-state index in [1.807, 2.05) is 6.92 Å². The van der Waals surface area contributed by atoms with Gasteiger partial charge in [0.25, 0.3) is 0 Å². The van der Waals surface area contributed by atoms with E-state index < -0.39 is 15.8 Å². The Morgan fingerprint density at radius 1 is 1.50 bits per heavy atom. The Hall–Kier alpha value is -0.980. The second kappa shape index (κ2) is 4.95. The molecular weight excluding hydrogens is 255 g/mol. The molecule has 3 N–H and O–H groups in total. The van der Waals surface area contributed by atoms with E-state index >= 15 is 0 Å². The number of halogens is 1. The van der Waals surface area contributed by atoms with Crippen LogP contribution < -0.4 is 10.5 Å². The molecule has 2 unspecified atom stereocenters. The number of rotatable bonds is 5. The summed E-state index contributed by atoms with van der Waals surface area (Å²) in [5.74, 6) is -0.367. The van der Waals surface area contributed by atoms with Gasteiger partial charge in [-0.15, -0.1) is 0 Å². The van der Waals surface area contributed by atoms with Crippen molar-refractivity contribution < 1.29 is 12.8 Å². The predicted molar refractivity (Wildman–Crippen MR) is 66.8 cm³/mol. The minimum Gasteiger partial charge on any atom is -0.326 e. The molecule has 18 heavy (non-hydrogen) atoms. The van der Waals surface area contributed by atoms with E-state index in [9.17, 15) is 12.8 Å². The van der Waals surface area contributed by atoms with Gasteiger partial charge in [0.2, 0.25) is 10.0 Å². The Morgan fingerprint density at radius 2 is 2.22 bits per heavy atom. The zero-order valence-corrected chi connectivity index (χ0v) is 11.0. The van der Waals surface area contributed by atoms with E-state index in [0.29, 0.717) is 11.5 Å². The summed E-state index contributed by atoms with van der Waals surface area (Å²) in [6.07, 6.45) is 1.76. The van der Waals surface area contributed by atoms with Gasteiger partial charge in [0, 0.05) is 12.6 Å².